The zero-order valence-corrected chi connectivity index (χ0v) is 15.3. The summed E-state index contributed by atoms with van der Waals surface area (Å²) in [5, 5.41) is 8.98. The van der Waals surface area contributed by atoms with E-state index in [-0.39, 0.29) is 42.5 Å². The number of carbonyl (C=O) groups excluding carboxylic acids is 1. The minimum absolute atomic E-state index is 0. The quantitative estimate of drug-likeness (QED) is 0.381. The van der Waals surface area contributed by atoms with Gasteiger partial charge in [-0.15, -0.1) is 24.0 Å². The van der Waals surface area contributed by atoms with Crippen molar-refractivity contribution in [3.8, 4) is 0 Å². The third kappa shape index (κ3) is 7.93. The predicted molar refractivity (Wildman–Crippen MR) is 94.8 cm³/mol. The number of guanidine groups is 1. The fourth-order valence-corrected chi connectivity index (χ4v) is 1.40. The molecule has 0 aliphatic heterocycles. The van der Waals surface area contributed by atoms with Crippen LogP contribution in [0.1, 0.15) is 26.5 Å². The zero-order valence-electron chi connectivity index (χ0n) is 13.0. The fourth-order valence-electron chi connectivity index (χ4n) is 1.40. The summed E-state index contributed by atoms with van der Waals surface area (Å²) in [6.45, 7) is 6.89. The van der Waals surface area contributed by atoms with Crippen molar-refractivity contribution >= 4 is 35.8 Å². The Bertz CT molecular complexity index is 432. The number of furan rings is 1. The summed E-state index contributed by atoms with van der Waals surface area (Å²) >= 11 is 0. The molecule has 1 amide bonds. The summed E-state index contributed by atoms with van der Waals surface area (Å²) in [7, 11) is 1.68. The molecule has 6 nitrogen and oxygen atoms in total. The van der Waals surface area contributed by atoms with Crippen molar-refractivity contribution in [3.05, 3.63) is 24.2 Å². The van der Waals surface area contributed by atoms with Gasteiger partial charge in [0.15, 0.2) is 5.96 Å². The largest absolute Gasteiger partial charge is 0.467 e. The summed E-state index contributed by atoms with van der Waals surface area (Å²) in [6.07, 6.45) is 1.58. The third-order valence-electron chi connectivity index (χ3n) is 3.04. The second-order valence-electron chi connectivity index (χ2n) is 4.96. The van der Waals surface area contributed by atoms with Crippen LogP contribution in [0.5, 0.6) is 0 Å². The maximum absolute atomic E-state index is 11.7. The van der Waals surface area contributed by atoms with Crippen molar-refractivity contribution in [2.75, 3.05) is 13.6 Å². The highest BCUT2D eigenvalue weighted by atomic mass is 127. The number of nitrogens with zero attached hydrogens (tertiary/aromatic N) is 1. The topological polar surface area (TPSA) is 78.7 Å². The molecule has 0 saturated heterocycles. The van der Waals surface area contributed by atoms with Crippen molar-refractivity contribution in [2.24, 2.45) is 10.9 Å². The normalized spacial score (nSPS) is 12.5. The van der Waals surface area contributed by atoms with Crippen LogP contribution in [0.2, 0.25) is 0 Å². The smallest absolute Gasteiger partial charge is 0.239 e. The molecule has 120 valence electrons. The van der Waals surface area contributed by atoms with Gasteiger partial charge < -0.3 is 20.4 Å². The van der Waals surface area contributed by atoms with E-state index in [2.05, 4.69) is 41.7 Å². The number of nitrogens with one attached hydrogen (secondary N) is 3. The maximum atomic E-state index is 11.7. The SMILES string of the molecule is CN=C(NCC(=O)NCc1ccco1)NC(C)C(C)C.I. The molecule has 0 radical (unpaired) electrons. The van der Waals surface area contributed by atoms with Gasteiger partial charge in [0.05, 0.1) is 19.4 Å². The van der Waals surface area contributed by atoms with Gasteiger partial charge in [0.25, 0.3) is 0 Å². The highest BCUT2D eigenvalue weighted by molar-refractivity contribution is 14.0. The molecular weight excluding hydrogens is 383 g/mol. The van der Waals surface area contributed by atoms with Crippen molar-refractivity contribution in [3.63, 3.8) is 0 Å². The number of amides is 1. The number of rotatable bonds is 6. The maximum Gasteiger partial charge on any atom is 0.239 e. The molecule has 7 heteroatoms. The Labute approximate surface area is 143 Å². The molecule has 0 saturated carbocycles. The van der Waals surface area contributed by atoms with Gasteiger partial charge in [-0.1, -0.05) is 13.8 Å². The molecule has 1 aromatic heterocycles. The first kappa shape index (κ1) is 19.8. The first-order valence-electron chi connectivity index (χ1n) is 6.79. The van der Waals surface area contributed by atoms with E-state index in [0.29, 0.717) is 18.4 Å². The minimum atomic E-state index is -0.110. The second kappa shape index (κ2) is 10.5. The van der Waals surface area contributed by atoms with Gasteiger partial charge in [-0.25, -0.2) is 0 Å². The Morgan fingerprint density at radius 2 is 2.05 bits per heavy atom. The molecule has 1 heterocycles. The lowest BCUT2D eigenvalue weighted by molar-refractivity contribution is -0.120. The van der Waals surface area contributed by atoms with Crippen molar-refractivity contribution in [1.29, 1.82) is 0 Å². The number of hydrogen-bond acceptors (Lipinski definition) is 3. The van der Waals surface area contributed by atoms with Crippen molar-refractivity contribution < 1.29 is 9.21 Å². The second-order valence-corrected chi connectivity index (χ2v) is 4.96. The van der Waals surface area contributed by atoms with Crippen LogP contribution in [0.4, 0.5) is 0 Å². The molecule has 1 rings (SSSR count). The van der Waals surface area contributed by atoms with Gasteiger partial charge in [0, 0.05) is 13.1 Å². The lowest BCUT2D eigenvalue weighted by Crippen LogP contribution is -2.47. The van der Waals surface area contributed by atoms with Crippen molar-refractivity contribution in [2.45, 2.75) is 33.4 Å². The molecule has 0 aromatic carbocycles. The van der Waals surface area contributed by atoms with E-state index < -0.39 is 0 Å². The molecule has 1 unspecified atom stereocenters. The van der Waals surface area contributed by atoms with Gasteiger partial charge in [0.1, 0.15) is 5.76 Å². The van der Waals surface area contributed by atoms with E-state index >= 15 is 0 Å². The molecule has 0 fully saturated rings. The van der Waals surface area contributed by atoms with Crippen LogP contribution in [0.15, 0.2) is 27.8 Å². The summed E-state index contributed by atoms with van der Waals surface area (Å²) in [6, 6.07) is 3.89. The Balaban J connectivity index is 0.00000400. The van der Waals surface area contributed by atoms with E-state index in [1.165, 1.54) is 0 Å². The zero-order chi connectivity index (χ0) is 15.0. The lowest BCUT2D eigenvalue weighted by atomic mass is 10.1. The fraction of sp³-hybridized carbons (Fsp3) is 0.571. The first-order valence-corrected chi connectivity index (χ1v) is 6.79. The van der Waals surface area contributed by atoms with E-state index in [4.69, 9.17) is 4.42 Å². The third-order valence-corrected chi connectivity index (χ3v) is 3.04. The summed E-state index contributed by atoms with van der Waals surface area (Å²) in [5.41, 5.74) is 0. The average molecular weight is 408 g/mol. The molecule has 1 atom stereocenters. The molecule has 0 aliphatic carbocycles. The number of hydrogen-bond donors (Lipinski definition) is 3. The predicted octanol–water partition coefficient (Wildman–Crippen LogP) is 1.72. The Kier molecular flexibility index (Phi) is 9.85. The van der Waals surface area contributed by atoms with Gasteiger partial charge in [-0.2, -0.15) is 0 Å². The Hall–Kier alpha value is -1.25. The van der Waals surface area contributed by atoms with E-state index in [0.717, 1.165) is 5.76 Å². The molecule has 0 spiro atoms. The molecule has 1 aromatic rings. The highest BCUT2D eigenvalue weighted by Crippen LogP contribution is 1.99. The molecule has 21 heavy (non-hydrogen) atoms. The minimum Gasteiger partial charge on any atom is -0.467 e. The van der Waals surface area contributed by atoms with E-state index in [9.17, 15) is 4.79 Å². The Morgan fingerprint density at radius 1 is 1.33 bits per heavy atom. The first-order chi connectivity index (χ1) is 9.52. The lowest BCUT2D eigenvalue weighted by Gasteiger charge is -2.20. The van der Waals surface area contributed by atoms with Crippen LogP contribution < -0.4 is 16.0 Å². The number of aliphatic imine (C=N–C) groups is 1. The average Bonchev–Trinajstić information content (AvgIpc) is 2.93. The van der Waals surface area contributed by atoms with Crippen LogP contribution in [0.3, 0.4) is 0 Å². The summed E-state index contributed by atoms with van der Waals surface area (Å²) in [4.78, 5) is 15.8. The Morgan fingerprint density at radius 3 is 2.57 bits per heavy atom. The number of carbonyl (C=O) groups is 1. The van der Waals surface area contributed by atoms with Gasteiger partial charge >= 0.3 is 0 Å². The van der Waals surface area contributed by atoms with Gasteiger partial charge in [-0.05, 0) is 25.0 Å². The monoisotopic (exact) mass is 408 g/mol. The standard InChI is InChI=1S/C14H24N4O2.HI/c1-10(2)11(3)18-14(15-4)17-9-13(19)16-8-12-6-5-7-20-12;/h5-7,10-11H,8-9H2,1-4H3,(H,16,19)(H2,15,17,18);1H. The van der Waals surface area contributed by atoms with E-state index in [1.54, 1.807) is 19.4 Å². The van der Waals surface area contributed by atoms with Crippen LogP contribution in [-0.2, 0) is 11.3 Å². The van der Waals surface area contributed by atoms with Crippen LogP contribution in [-0.4, -0.2) is 31.5 Å². The summed E-state index contributed by atoms with van der Waals surface area (Å²) < 4.78 is 5.14. The molecule has 3 N–H and O–H groups in total. The van der Waals surface area contributed by atoms with Crippen LogP contribution in [0, 0.1) is 5.92 Å². The number of halogens is 1. The van der Waals surface area contributed by atoms with Crippen LogP contribution in [0.25, 0.3) is 0 Å². The molecular formula is C14H25IN4O2. The highest BCUT2D eigenvalue weighted by Gasteiger charge is 2.10. The van der Waals surface area contributed by atoms with Gasteiger partial charge in [0.2, 0.25) is 5.91 Å². The molecule has 0 bridgehead atoms. The van der Waals surface area contributed by atoms with E-state index in [1.807, 2.05) is 6.07 Å². The summed E-state index contributed by atoms with van der Waals surface area (Å²) in [5.74, 6) is 1.73. The molecule has 0 aliphatic rings. The van der Waals surface area contributed by atoms with Crippen LogP contribution >= 0.6 is 24.0 Å². The van der Waals surface area contributed by atoms with Crippen molar-refractivity contribution in [1.82, 2.24) is 16.0 Å². The van der Waals surface area contributed by atoms with Gasteiger partial charge in [-0.3, -0.25) is 9.79 Å².